The third-order valence-corrected chi connectivity index (χ3v) is 4.45. The highest BCUT2D eigenvalue weighted by molar-refractivity contribution is 5.80. The summed E-state index contributed by atoms with van der Waals surface area (Å²) < 4.78 is 29.1. The normalized spacial score (nSPS) is 16.1. The number of para-hydroxylation sites is 2. The van der Waals surface area contributed by atoms with Crippen molar-refractivity contribution in [2.75, 3.05) is 13.1 Å². The van der Waals surface area contributed by atoms with E-state index in [9.17, 15) is 8.78 Å². The molecular weight excluding hydrogens is 296 g/mol. The lowest BCUT2D eigenvalue weighted by atomic mass is 10.1. The molecule has 3 nitrogen and oxygen atoms in total. The second-order valence-electron chi connectivity index (χ2n) is 5.90. The molecule has 1 aromatic heterocycles. The van der Waals surface area contributed by atoms with Crippen molar-refractivity contribution in [1.29, 1.82) is 0 Å². The van der Waals surface area contributed by atoms with Crippen LogP contribution in [0.25, 0.3) is 22.4 Å². The average Bonchev–Trinajstić information content (AvgIpc) is 2.97. The van der Waals surface area contributed by atoms with Crippen LogP contribution in [0.2, 0.25) is 0 Å². The molecule has 118 valence electrons. The summed E-state index contributed by atoms with van der Waals surface area (Å²) in [6, 6.07) is 12.2. The zero-order chi connectivity index (χ0) is 15.8. The molecule has 2 aromatic carbocycles. The Bertz CT molecular complexity index is 851. The van der Waals surface area contributed by atoms with Crippen LogP contribution in [0.5, 0.6) is 0 Å². The van der Waals surface area contributed by atoms with Crippen LogP contribution < -0.4 is 5.32 Å². The minimum absolute atomic E-state index is 0.312. The van der Waals surface area contributed by atoms with Crippen LogP contribution >= 0.6 is 0 Å². The molecule has 4 rings (SSSR count). The zero-order valence-corrected chi connectivity index (χ0v) is 12.6. The van der Waals surface area contributed by atoms with Crippen molar-refractivity contribution >= 4 is 11.0 Å². The van der Waals surface area contributed by atoms with Gasteiger partial charge in [0.15, 0.2) is 11.6 Å². The lowest BCUT2D eigenvalue weighted by Gasteiger charge is -2.26. The van der Waals surface area contributed by atoms with Crippen molar-refractivity contribution in [3.8, 4) is 11.4 Å². The summed E-state index contributed by atoms with van der Waals surface area (Å²) in [5.41, 5.74) is 2.53. The monoisotopic (exact) mass is 313 g/mol. The second-order valence-corrected chi connectivity index (χ2v) is 5.90. The first-order chi connectivity index (χ1) is 11.2. The Kier molecular flexibility index (Phi) is 3.58. The van der Waals surface area contributed by atoms with Gasteiger partial charge in [0.1, 0.15) is 5.82 Å². The Morgan fingerprint density at radius 2 is 1.78 bits per heavy atom. The van der Waals surface area contributed by atoms with Gasteiger partial charge in [0.2, 0.25) is 0 Å². The number of aromatic nitrogens is 2. The largest absolute Gasteiger partial charge is 0.321 e. The van der Waals surface area contributed by atoms with Crippen LogP contribution in [0.15, 0.2) is 42.5 Å². The van der Waals surface area contributed by atoms with Crippen molar-refractivity contribution in [1.82, 2.24) is 14.9 Å². The maximum absolute atomic E-state index is 13.7. The number of piperidine rings is 1. The molecule has 3 aromatic rings. The highest BCUT2D eigenvalue weighted by Gasteiger charge is 2.22. The van der Waals surface area contributed by atoms with Gasteiger partial charge in [-0.2, -0.15) is 0 Å². The summed E-state index contributed by atoms with van der Waals surface area (Å²) in [5.74, 6) is -0.971. The minimum Gasteiger partial charge on any atom is -0.321 e. The molecule has 0 aliphatic carbocycles. The first-order valence-electron chi connectivity index (χ1n) is 7.87. The quantitative estimate of drug-likeness (QED) is 0.777. The van der Waals surface area contributed by atoms with E-state index in [1.54, 1.807) is 6.07 Å². The Hall–Kier alpha value is -2.27. The maximum atomic E-state index is 13.7. The molecule has 0 atom stereocenters. The Labute approximate surface area is 133 Å². The molecule has 1 fully saturated rings. The van der Waals surface area contributed by atoms with E-state index < -0.39 is 11.6 Å². The van der Waals surface area contributed by atoms with E-state index in [2.05, 4.69) is 14.9 Å². The SMILES string of the molecule is Fc1ccc(-c2nc3ccccc3n2C2CCNCC2)cc1F. The third-order valence-electron chi connectivity index (χ3n) is 4.45. The standard InChI is InChI=1S/C18H17F2N3/c19-14-6-5-12(11-15(14)20)18-22-16-3-1-2-4-17(16)23(18)13-7-9-21-10-8-13/h1-6,11,13,21H,7-10H2. The van der Waals surface area contributed by atoms with E-state index in [0.717, 1.165) is 43.0 Å². The predicted octanol–water partition coefficient (Wildman–Crippen LogP) is 3.91. The summed E-state index contributed by atoms with van der Waals surface area (Å²) >= 11 is 0. The van der Waals surface area contributed by atoms with Gasteiger partial charge < -0.3 is 9.88 Å². The molecule has 0 radical (unpaired) electrons. The predicted molar refractivity (Wildman–Crippen MR) is 86.2 cm³/mol. The van der Waals surface area contributed by atoms with Crippen molar-refractivity contribution < 1.29 is 8.78 Å². The van der Waals surface area contributed by atoms with E-state index in [-0.39, 0.29) is 0 Å². The van der Waals surface area contributed by atoms with E-state index in [0.29, 0.717) is 17.4 Å². The first-order valence-corrected chi connectivity index (χ1v) is 7.87. The molecule has 0 unspecified atom stereocenters. The number of nitrogens with zero attached hydrogens (tertiary/aromatic N) is 2. The number of hydrogen-bond donors (Lipinski definition) is 1. The first kappa shape index (κ1) is 14.3. The molecule has 1 aliphatic rings. The fourth-order valence-corrected chi connectivity index (χ4v) is 3.32. The Morgan fingerprint density at radius 1 is 1.00 bits per heavy atom. The van der Waals surface area contributed by atoms with Crippen LogP contribution in [0.1, 0.15) is 18.9 Å². The zero-order valence-electron chi connectivity index (χ0n) is 12.6. The van der Waals surface area contributed by atoms with Gasteiger partial charge in [-0.3, -0.25) is 0 Å². The summed E-state index contributed by atoms with van der Waals surface area (Å²) in [7, 11) is 0. The highest BCUT2D eigenvalue weighted by atomic mass is 19.2. The lowest BCUT2D eigenvalue weighted by Crippen LogP contribution is -2.29. The van der Waals surface area contributed by atoms with Crippen LogP contribution in [0, 0.1) is 11.6 Å². The van der Waals surface area contributed by atoms with Crippen molar-refractivity contribution in [2.45, 2.75) is 18.9 Å². The summed E-state index contributed by atoms with van der Waals surface area (Å²) in [4.78, 5) is 4.68. The molecular formula is C18H17F2N3. The maximum Gasteiger partial charge on any atom is 0.159 e. The smallest absolute Gasteiger partial charge is 0.159 e. The van der Waals surface area contributed by atoms with Gasteiger partial charge in [-0.05, 0) is 56.3 Å². The van der Waals surface area contributed by atoms with Crippen LogP contribution in [-0.2, 0) is 0 Å². The number of benzene rings is 2. The van der Waals surface area contributed by atoms with Crippen LogP contribution in [0.3, 0.4) is 0 Å². The van der Waals surface area contributed by atoms with Gasteiger partial charge in [0, 0.05) is 11.6 Å². The number of rotatable bonds is 2. The molecule has 2 heterocycles. The minimum atomic E-state index is -0.841. The summed E-state index contributed by atoms with van der Waals surface area (Å²) in [5, 5.41) is 3.36. The number of fused-ring (bicyclic) bond motifs is 1. The highest BCUT2D eigenvalue weighted by Crippen LogP contribution is 2.32. The number of halogens is 2. The van der Waals surface area contributed by atoms with E-state index in [4.69, 9.17) is 0 Å². The van der Waals surface area contributed by atoms with E-state index >= 15 is 0 Å². The van der Waals surface area contributed by atoms with Gasteiger partial charge in [-0.25, -0.2) is 13.8 Å². The van der Waals surface area contributed by atoms with Crippen molar-refractivity contribution in [3.63, 3.8) is 0 Å². The molecule has 0 spiro atoms. The topological polar surface area (TPSA) is 29.9 Å². The third kappa shape index (κ3) is 2.51. The fraction of sp³-hybridized carbons (Fsp3) is 0.278. The average molecular weight is 313 g/mol. The Morgan fingerprint density at radius 3 is 2.57 bits per heavy atom. The van der Waals surface area contributed by atoms with Crippen molar-refractivity contribution in [3.05, 3.63) is 54.1 Å². The molecule has 0 bridgehead atoms. The van der Waals surface area contributed by atoms with Gasteiger partial charge in [0.05, 0.1) is 11.0 Å². The molecule has 1 aliphatic heterocycles. The van der Waals surface area contributed by atoms with Crippen LogP contribution in [-0.4, -0.2) is 22.6 Å². The van der Waals surface area contributed by atoms with Crippen molar-refractivity contribution in [2.24, 2.45) is 0 Å². The van der Waals surface area contributed by atoms with Gasteiger partial charge in [-0.1, -0.05) is 12.1 Å². The van der Waals surface area contributed by atoms with Gasteiger partial charge in [0.25, 0.3) is 0 Å². The van der Waals surface area contributed by atoms with E-state index in [1.807, 2.05) is 24.3 Å². The molecule has 0 saturated carbocycles. The van der Waals surface area contributed by atoms with Gasteiger partial charge in [-0.15, -0.1) is 0 Å². The lowest BCUT2D eigenvalue weighted by molar-refractivity contribution is 0.377. The molecule has 1 saturated heterocycles. The van der Waals surface area contributed by atoms with Crippen LogP contribution in [0.4, 0.5) is 8.78 Å². The van der Waals surface area contributed by atoms with Gasteiger partial charge >= 0.3 is 0 Å². The Balaban J connectivity index is 1.92. The summed E-state index contributed by atoms with van der Waals surface area (Å²) in [6.45, 7) is 1.91. The number of nitrogens with one attached hydrogen (secondary N) is 1. The molecule has 23 heavy (non-hydrogen) atoms. The molecule has 5 heteroatoms. The number of imidazole rings is 1. The number of hydrogen-bond acceptors (Lipinski definition) is 2. The second kappa shape index (κ2) is 5.74. The van der Waals surface area contributed by atoms with E-state index in [1.165, 1.54) is 6.07 Å². The molecule has 1 N–H and O–H groups in total. The molecule has 0 amide bonds. The summed E-state index contributed by atoms with van der Waals surface area (Å²) in [6.07, 6.45) is 1.99. The fourth-order valence-electron chi connectivity index (χ4n) is 3.32.